The maximum absolute atomic E-state index is 12.4. The van der Waals surface area contributed by atoms with E-state index in [0.29, 0.717) is 6.04 Å². The lowest BCUT2D eigenvalue weighted by Gasteiger charge is -2.09. The summed E-state index contributed by atoms with van der Waals surface area (Å²) in [6.45, 7) is 3.83. The highest BCUT2D eigenvalue weighted by atomic mass is 32.2. The molecule has 3 heterocycles. The van der Waals surface area contributed by atoms with Gasteiger partial charge in [-0.05, 0) is 38.8 Å². The van der Waals surface area contributed by atoms with Crippen molar-refractivity contribution in [1.29, 1.82) is 0 Å². The number of amides is 1. The van der Waals surface area contributed by atoms with Gasteiger partial charge in [-0.2, -0.15) is 5.10 Å². The monoisotopic (exact) mass is 383 g/mol. The molecule has 1 N–H and O–H groups in total. The van der Waals surface area contributed by atoms with Gasteiger partial charge in [0.2, 0.25) is 5.91 Å². The van der Waals surface area contributed by atoms with Gasteiger partial charge in [0.1, 0.15) is 0 Å². The molecule has 140 valence electrons. The molecule has 8 nitrogen and oxygen atoms in total. The summed E-state index contributed by atoms with van der Waals surface area (Å²) in [5.74, 6) is 1.03. The minimum atomic E-state index is -0.0741. The predicted molar refractivity (Wildman–Crippen MR) is 104 cm³/mol. The largest absolute Gasteiger partial charge is 0.322 e. The molecular weight excluding hydrogens is 362 g/mol. The maximum atomic E-state index is 12.4. The van der Waals surface area contributed by atoms with E-state index in [1.165, 1.54) is 11.8 Å². The van der Waals surface area contributed by atoms with Crippen LogP contribution in [0, 0.1) is 13.8 Å². The molecule has 0 unspecified atom stereocenters. The van der Waals surface area contributed by atoms with Crippen molar-refractivity contribution in [1.82, 2.24) is 29.5 Å². The molecule has 0 aromatic carbocycles. The van der Waals surface area contributed by atoms with Crippen LogP contribution in [0.4, 0.5) is 5.69 Å². The second-order valence-corrected chi connectivity index (χ2v) is 7.59. The molecule has 1 amide bonds. The van der Waals surface area contributed by atoms with Crippen molar-refractivity contribution in [2.75, 3.05) is 11.1 Å². The number of carbonyl (C=O) groups is 1. The molecule has 4 rings (SSSR count). The smallest absolute Gasteiger partial charge is 0.234 e. The molecule has 0 saturated heterocycles. The summed E-state index contributed by atoms with van der Waals surface area (Å²) in [5.41, 5.74) is 3.52. The van der Waals surface area contributed by atoms with Crippen molar-refractivity contribution in [2.45, 2.75) is 37.9 Å². The highest BCUT2D eigenvalue weighted by Gasteiger charge is 2.30. The van der Waals surface area contributed by atoms with Gasteiger partial charge in [-0.3, -0.25) is 19.0 Å². The lowest BCUT2D eigenvalue weighted by Crippen LogP contribution is -2.15. The molecule has 0 aliphatic heterocycles. The number of aromatic nitrogens is 6. The summed E-state index contributed by atoms with van der Waals surface area (Å²) >= 11 is 1.41. The van der Waals surface area contributed by atoms with E-state index in [1.807, 2.05) is 33.0 Å². The number of aryl methyl sites for hydroxylation is 2. The highest BCUT2D eigenvalue weighted by Crippen LogP contribution is 2.41. The van der Waals surface area contributed by atoms with Crippen LogP contribution in [-0.4, -0.2) is 41.2 Å². The average Bonchev–Trinajstić information content (AvgIpc) is 3.38. The zero-order chi connectivity index (χ0) is 19.0. The van der Waals surface area contributed by atoms with Crippen LogP contribution in [-0.2, 0) is 11.8 Å². The van der Waals surface area contributed by atoms with E-state index in [9.17, 15) is 4.79 Å². The first-order valence-corrected chi connectivity index (χ1v) is 9.81. The van der Waals surface area contributed by atoms with Gasteiger partial charge in [0, 0.05) is 31.0 Å². The maximum Gasteiger partial charge on any atom is 0.234 e. The Morgan fingerprint density at radius 1 is 1.26 bits per heavy atom. The fraction of sp³-hybridized carbons (Fsp3) is 0.389. The van der Waals surface area contributed by atoms with Gasteiger partial charge >= 0.3 is 0 Å². The SMILES string of the molecule is Cc1nn(C)c(C)c1NC(=O)CSc1nnc(-c2ccncc2)n1C1CC1. The standard InChI is InChI=1S/C18H21N7OS/c1-11-16(12(2)24(3)23-11)20-15(26)10-27-18-22-21-17(25(18)14-4-5-14)13-6-8-19-9-7-13/h6-9,14H,4-5,10H2,1-3H3,(H,20,26). The number of nitrogens with one attached hydrogen (secondary N) is 1. The molecule has 1 aliphatic rings. The second kappa shape index (κ2) is 7.15. The number of carbonyl (C=O) groups excluding carboxylic acids is 1. The van der Waals surface area contributed by atoms with Crippen LogP contribution in [0.25, 0.3) is 11.4 Å². The lowest BCUT2D eigenvalue weighted by molar-refractivity contribution is -0.113. The summed E-state index contributed by atoms with van der Waals surface area (Å²) < 4.78 is 3.91. The summed E-state index contributed by atoms with van der Waals surface area (Å²) in [6, 6.07) is 4.27. The Kier molecular flexibility index (Phi) is 4.69. The zero-order valence-corrected chi connectivity index (χ0v) is 16.3. The Bertz CT molecular complexity index is 975. The molecule has 27 heavy (non-hydrogen) atoms. The second-order valence-electron chi connectivity index (χ2n) is 6.65. The fourth-order valence-electron chi connectivity index (χ4n) is 3.00. The van der Waals surface area contributed by atoms with Gasteiger partial charge in [-0.25, -0.2) is 0 Å². The van der Waals surface area contributed by atoms with Crippen molar-refractivity contribution in [2.24, 2.45) is 7.05 Å². The molecule has 3 aromatic rings. The number of rotatable bonds is 6. The van der Waals surface area contributed by atoms with E-state index in [4.69, 9.17) is 0 Å². The number of nitrogens with zero attached hydrogens (tertiary/aromatic N) is 6. The average molecular weight is 383 g/mol. The molecule has 9 heteroatoms. The van der Waals surface area contributed by atoms with Crippen molar-refractivity contribution < 1.29 is 4.79 Å². The van der Waals surface area contributed by atoms with Gasteiger partial charge in [-0.15, -0.1) is 10.2 Å². The van der Waals surface area contributed by atoms with Gasteiger partial charge in [0.15, 0.2) is 11.0 Å². The van der Waals surface area contributed by atoms with Crippen LogP contribution < -0.4 is 5.32 Å². The Labute approximate surface area is 161 Å². The minimum Gasteiger partial charge on any atom is -0.322 e. The molecule has 0 radical (unpaired) electrons. The molecule has 1 saturated carbocycles. The van der Waals surface area contributed by atoms with Crippen molar-refractivity contribution >= 4 is 23.4 Å². The molecule has 0 spiro atoms. The van der Waals surface area contributed by atoms with Gasteiger partial charge < -0.3 is 5.32 Å². The summed E-state index contributed by atoms with van der Waals surface area (Å²) in [7, 11) is 1.87. The molecule has 0 atom stereocenters. The van der Waals surface area contributed by atoms with Gasteiger partial charge in [-0.1, -0.05) is 11.8 Å². The topological polar surface area (TPSA) is 90.5 Å². The molecule has 3 aromatic heterocycles. The first kappa shape index (κ1) is 17.7. The summed E-state index contributed by atoms with van der Waals surface area (Å²) in [4.78, 5) is 16.5. The van der Waals surface area contributed by atoms with Crippen molar-refractivity contribution in [3.8, 4) is 11.4 Å². The normalized spacial score (nSPS) is 13.7. The molecule has 1 fully saturated rings. The first-order valence-electron chi connectivity index (χ1n) is 8.82. The minimum absolute atomic E-state index is 0.0741. The van der Waals surface area contributed by atoms with Crippen LogP contribution >= 0.6 is 11.8 Å². The lowest BCUT2D eigenvalue weighted by atomic mass is 10.2. The van der Waals surface area contributed by atoms with Crippen LogP contribution in [0.15, 0.2) is 29.7 Å². The third kappa shape index (κ3) is 3.59. The van der Waals surface area contributed by atoms with E-state index < -0.39 is 0 Å². The van der Waals surface area contributed by atoms with Crippen LogP contribution in [0.3, 0.4) is 0 Å². The number of thioether (sulfide) groups is 1. The molecule has 0 bridgehead atoms. The predicted octanol–water partition coefficient (Wildman–Crippen LogP) is 2.76. The Morgan fingerprint density at radius 3 is 2.63 bits per heavy atom. The summed E-state index contributed by atoms with van der Waals surface area (Å²) in [6.07, 6.45) is 5.73. The van der Waals surface area contributed by atoms with E-state index in [2.05, 4.69) is 30.2 Å². The summed E-state index contributed by atoms with van der Waals surface area (Å²) in [5, 5.41) is 16.8. The van der Waals surface area contributed by atoms with Gasteiger partial charge in [0.25, 0.3) is 0 Å². The van der Waals surface area contributed by atoms with E-state index in [-0.39, 0.29) is 11.7 Å². The Morgan fingerprint density at radius 2 is 2.00 bits per heavy atom. The van der Waals surface area contributed by atoms with E-state index in [1.54, 1.807) is 17.1 Å². The number of anilines is 1. The van der Waals surface area contributed by atoms with E-state index in [0.717, 1.165) is 46.5 Å². The van der Waals surface area contributed by atoms with Crippen LogP contribution in [0.1, 0.15) is 30.3 Å². The number of hydrogen-bond donors (Lipinski definition) is 1. The van der Waals surface area contributed by atoms with Crippen molar-refractivity contribution in [3.63, 3.8) is 0 Å². The molecule has 1 aliphatic carbocycles. The number of hydrogen-bond acceptors (Lipinski definition) is 6. The Hall–Kier alpha value is -2.68. The van der Waals surface area contributed by atoms with Crippen LogP contribution in [0.5, 0.6) is 0 Å². The first-order chi connectivity index (χ1) is 13.0. The highest BCUT2D eigenvalue weighted by molar-refractivity contribution is 7.99. The third-order valence-corrected chi connectivity index (χ3v) is 5.56. The quantitative estimate of drug-likeness (QED) is 0.658. The van der Waals surface area contributed by atoms with Gasteiger partial charge in [0.05, 0.1) is 22.8 Å². The zero-order valence-electron chi connectivity index (χ0n) is 15.5. The van der Waals surface area contributed by atoms with Crippen LogP contribution in [0.2, 0.25) is 0 Å². The molecular formula is C18H21N7OS. The number of pyridine rings is 1. The van der Waals surface area contributed by atoms with E-state index >= 15 is 0 Å². The van der Waals surface area contributed by atoms with Crippen molar-refractivity contribution in [3.05, 3.63) is 35.9 Å². The fourth-order valence-corrected chi connectivity index (χ4v) is 3.80. The third-order valence-electron chi connectivity index (χ3n) is 4.62. The Balaban J connectivity index is 1.48.